The Morgan fingerprint density at radius 3 is 1.00 bits per heavy atom. The van der Waals surface area contributed by atoms with Gasteiger partial charge >= 0.3 is 69.8 Å². The first-order valence-electron chi connectivity index (χ1n) is 0.894. The van der Waals surface area contributed by atoms with E-state index in [4.69, 9.17) is 19.2 Å². The molecule has 7 heavy (non-hydrogen) atoms. The van der Waals surface area contributed by atoms with Gasteiger partial charge in [0.2, 0.25) is 0 Å². The minimum atomic E-state index is -4.61. The number of rotatable bonds is 0. The normalized spacial score (nSPS) is 8.57. The fourth-order valence-corrected chi connectivity index (χ4v) is 0. The van der Waals surface area contributed by atoms with E-state index in [9.17, 15) is 0 Å². The molecule has 0 unspecified atom stereocenters. The molecule has 4 nitrogen and oxygen atoms in total. The summed E-state index contributed by atoms with van der Waals surface area (Å²) in [4.78, 5) is 29.3. The zero-order chi connectivity index (χ0) is 4.50. The summed E-state index contributed by atoms with van der Waals surface area (Å²) in [7, 11) is -4.61. The summed E-state index contributed by atoms with van der Waals surface area (Å²) in [6.07, 6.45) is 0. The van der Waals surface area contributed by atoms with Crippen LogP contribution in [-0.4, -0.2) is 89.0 Å². The zero-order valence-corrected chi connectivity index (χ0v) is 8.33. The van der Waals surface area contributed by atoms with Crippen molar-refractivity contribution in [3.05, 3.63) is 0 Å². The van der Waals surface area contributed by atoms with Crippen LogP contribution in [0.15, 0.2) is 0 Å². The topological polar surface area (TPSA) is 80.9 Å². The van der Waals surface area contributed by atoms with E-state index in [0.29, 0.717) is 0 Å². The Labute approximate surface area is 93.8 Å². The maximum Gasteiger partial charge on any atom is 2.00 e. The minimum Gasteiger partial charge on any atom is -1.00 e. The first kappa shape index (κ1) is 16.0. The van der Waals surface area contributed by atoms with Crippen molar-refractivity contribution in [2.75, 3.05) is 0 Å². The Morgan fingerprint density at radius 1 is 1.00 bits per heavy atom. The van der Waals surface area contributed by atoms with Crippen molar-refractivity contribution < 1.29 is 24.9 Å². The van der Waals surface area contributed by atoms with E-state index in [1.54, 1.807) is 0 Å². The van der Waals surface area contributed by atoms with Crippen LogP contribution >= 0.6 is 0 Å². The Kier molecular flexibility index (Phi) is 14.2. The van der Waals surface area contributed by atoms with Crippen LogP contribution in [0.2, 0.25) is 0 Å². The van der Waals surface area contributed by atoms with Gasteiger partial charge in [0, 0.05) is 0 Å². The zero-order valence-electron chi connectivity index (χ0n) is 7.70. The first-order valence-corrected chi connectivity index (χ1v) is 2.68. The third-order valence-electron chi connectivity index (χ3n) is 0. The van der Waals surface area contributed by atoms with Crippen LogP contribution in [0.1, 0.15) is 5.71 Å². The van der Waals surface area contributed by atoms with Crippen LogP contribution in [0, 0.1) is 0 Å². The largest absolute Gasteiger partial charge is 2.00 e. The molecule has 0 amide bonds. The van der Waals surface area contributed by atoms with Crippen molar-refractivity contribution in [3.63, 3.8) is 0 Å². The Hall–Kier alpha value is 2.08. The van der Waals surface area contributed by atoms with E-state index in [-0.39, 0.29) is 66.5 Å². The molecular weight excluding hydrogens is 156 g/mol. The molecule has 0 rings (SSSR count). The van der Waals surface area contributed by atoms with Crippen molar-refractivity contribution in [3.8, 4) is 0 Å². The van der Waals surface area contributed by atoms with Crippen LogP contribution in [0.3, 0.4) is 0 Å². The first-order chi connectivity index (χ1) is 2.00. The third kappa shape index (κ3) is 68.9. The van der Waals surface area contributed by atoms with Gasteiger partial charge in [-0.1, -0.05) is 0 Å². The van der Waals surface area contributed by atoms with Crippen LogP contribution in [0.5, 0.6) is 0 Å². The molecule has 0 aliphatic rings. The fraction of sp³-hybridized carbons (Fsp3) is 0. The van der Waals surface area contributed by atoms with E-state index in [0.717, 1.165) is 0 Å². The van der Waals surface area contributed by atoms with Gasteiger partial charge in [-0.15, -0.1) is 0 Å². The molecule has 0 aromatic rings. The molecule has 0 fully saturated rings. The van der Waals surface area contributed by atoms with E-state index in [1.165, 1.54) is 0 Å². The summed E-state index contributed by atoms with van der Waals surface area (Å²) in [6, 6.07) is 0. The standard InChI is InChI=1S/Ca.Mg.H4O4Si.4H/c;;1-5(2,3)4;;;;/h;;1-4H;;;;/q2*+2;;4*-1. The van der Waals surface area contributed by atoms with Crippen molar-refractivity contribution in [2.24, 2.45) is 0 Å². The van der Waals surface area contributed by atoms with E-state index >= 15 is 0 Å². The van der Waals surface area contributed by atoms with Crippen LogP contribution in [0.4, 0.5) is 0 Å². The maximum absolute atomic E-state index is 7.33. The van der Waals surface area contributed by atoms with Crippen molar-refractivity contribution in [2.45, 2.75) is 0 Å². The summed E-state index contributed by atoms with van der Waals surface area (Å²) in [5.74, 6) is 0. The van der Waals surface area contributed by atoms with E-state index in [2.05, 4.69) is 0 Å². The molecule has 7 heteroatoms. The van der Waals surface area contributed by atoms with Gasteiger partial charge < -0.3 is 24.9 Å². The van der Waals surface area contributed by atoms with Crippen LogP contribution < -0.4 is 0 Å². The SMILES string of the molecule is O[Si](O)(O)O.[Ca+2].[H-].[H-].[H-].[H-].[Mg+2]. The van der Waals surface area contributed by atoms with Crippen molar-refractivity contribution >= 4 is 69.8 Å². The summed E-state index contributed by atoms with van der Waals surface area (Å²) in [5, 5.41) is 0. The van der Waals surface area contributed by atoms with Gasteiger partial charge in [0.25, 0.3) is 0 Å². The van der Waals surface area contributed by atoms with Gasteiger partial charge in [0.05, 0.1) is 0 Å². The molecule has 4 N–H and O–H groups in total. The molecule has 0 radical (unpaired) electrons. The molecule has 0 aliphatic heterocycles. The summed E-state index contributed by atoms with van der Waals surface area (Å²) >= 11 is 0. The van der Waals surface area contributed by atoms with E-state index in [1.807, 2.05) is 0 Å². The Bertz CT molecular complexity index is 37.6. The second-order valence-corrected chi connectivity index (χ2v) is 1.80. The van der Waals surface area contributed by atoms with Crippen molar-refractivity contribution in [1.82, 2.24) is 0 Å². The summed E-state index contributed by atoms with van der Waals surface area (Å²) in [5.41, 5.74) is 0. The van der Waals surface area contributed by atoms with Gasteiger partial charge in [-0.3, -0.25) is 0 Å². The molecule has 0 spiro atoms. The Morgan fingerprint density at radius 2 is 1.00 bits per heavy atom. The molecule has 0 bridgehead atoms. The predicted molar refractivity (Wildman–Crippen MR) is 30.6 cm³/mol. The molecule has 0 saturated heterocycles. The molecule has 40 valence electrons. The molecular formula is H8CaMgO4Si. The Balaban J connectivity index is -0.00000000533. The molecule has 0 aromatic carbocycles. The van der Waals surface area contributed by atoms with Gasteiger partial charge in [0.15, 0.2) is 0 Å². The molecule has 0 aliphatic carbocycles. The second-order valence-electron chi connectivity index (χ2n) is 0.600. The van der Waals surface area contributed by atoms with Gasteiger partial charge in [-0.05, 0) is 0 Å². The fourth-order valence-electron chi connectivity index (χ4n) is 0. The summed E-state index contributed by atoms with van der Waals surface area (Å²) < 4.78 is 0. The molecule has 0 heterocycles. The molecule has 0 aromatic heterocycles. The number of hydrogen-bond donors (Lipinski definition) is 4. The predicted octanol–water partition coefficient (Wildman–Crippen LogP) is -2.92. The average Bonchev–Trinajstić information content (AvgIpc) is 0.722. The van der Waals surface area contributed by atoms with Gasteiger partial charge in [0.1, 0.15) is 0 Å². The molecule has 0 saturated carbocycles. The quantitative estimate of drug-likeness (QED) is 0.289. The van der Waals surface area contributed by atoms with E-state index < -0.39 is 9.05 Å². The van der Waals surface area contributed by atoms with Crippen LogP contribution in [-0.2, 0) is 0 Å². The van der Waals surface area contributed by atoms with Gasteiger partial charge in [-0.25, -0.2) is 0 Å². The van der Waals surface area contributed by atoms with Crippen molar-refractivity contribution in [1.29, 1.82) is 0 Å². The average molecular weight is 165 g/mol. The molecule has 0 atom stereocenters. The van der Waals surface area contributed by atoms with Gasteiger partial charge in [-0.2, -0.15) is 0 Å². The van der Waals surface area contributed by atoms with Crippen LogP contribution in [0.25, 0.3) is 0 Å². The monoisotopic (exact) mass is 164 g/mol. The number of hydrogen-bond acceptors (Lipinski definition) is 4. The summed E-state index contributed by atoms with van der Waals surface area (Å²) in [6.45, 7) is 0. The third-order valence-corrected chi connectivity index (χ3v) is 0. The smallest absolute Gasteiger partial charge is 1.00 e. The maximum atomic E-state index is 7.33. The second kappa shape index (κ2) is 6.21. The minimum absolute atomic E-state index is 0.